The van der Waals surface area contributed by atoms with Crippen molar-refractivity contribution in [3.8, 4) is 11.3 Å². The van der Waals surface area contributed by atoms with E-state index in [9.17, 15) is 4.79 Å². The van der Waals surface area contributed by atoms with E-state index in [0.717, 1.165) is 28.0 Å². The third-order valence-electron chi connectivity index (χ3n) is 4.37. The van der Waals surface area contributed by atoms with Gasteiger partial charge in [0.25, 0.3) is 5.91 Å². The van der Waals surface area contributed by atoms with E-state index in [1.54, 1.807) is 0 Å². The maximum atomic E-state index is 12.4. The number of para-hydroxylation sites is 1. The van der Waals surface area contributed by atoms with Gasteiger partial charge >= 0.3 is 0 Å². The number of amides is 1. The number of H-pyrrole nitrogens is 1. The van der Waals surface area contributed by atoms with Crippen LogP contribution in [0.15, 0.2) is 78.9 Å². The molecule has 0 atom stereocenters. The van der Waals surface area contributed by atoms with Gasteiger partial charge in [0.2, 0.25) is 0 Å². The van der Waals surface area contributed by atoms with Crippen molar-refractivity contribution in [3.63, 3.8) is 0 Å². The van der Waals surface area contributed by atoms with Crippen LogP contribution in [0.2, 0.25) is 0 Å². The number of anilines is 1. The first-order valence-electron chi connectivity index (χ1n) is 8.26. The first-order valence-corrected chi connectivity index (χ1v) is 8.26. The molecular formula is C22H18N2O. The van der Waals surface area contributed by atoms with Gasteiger partial charge in [0, 0.05) is 27.8 Å². The Labute approximate surface area is 146 Å². The second-order valence-corrected chi connectivity index (χ2v) is 6.12. The third kappa shape index (κ3) is 3.04. The highest BCUT2D eigenvalue weighted by molar-refractivity contribution is 6.05. The Morgan fingerprint density at radius 3 is 2.36 bits per heavy atom. The Morgan fingerprint density at radius 2 is 1.60 bits per heavy atom. The number of nitrogens with one attached hydrogen (secondary N) is 2. The number of carbonyl (C=O) groups excluding carboxylic acids is 1. The summed E-state index contributed by atoms with van der Waals surface area (Å²) in [5, 5.41) is 4.14. The summed E-state index contributed by atoms with van der Waals surface area (Å²) >= 11 is 0. The zero-order chi connectivity index (χ0) is 17.2. The molecule has 0 saturated heterocycles. The molecule has 0 spiro atoms. The van der Waals surface area contributed by atoms with Gasteiger partial charge in [0.1, 0.15) is 0 Å². The highest BCUT2D eigenvalue weighted by Crippen LogP contribution is 2.25. The highest BCUT2D eigenvalue weighted by atomic mass is 16.1. The van der Waals surface area contributed by atoms with Crippen molar-refractivity contribution in [3.05, 3.63) is 90.0 Å². The SMILES string of the molecule is Cc1ccccc1C(=O)Nc1ccc(-c2cc3ccccc3[nH]2)cc1. The summed E-state index contributed by atoms with van der Waals surface area (Å²) in [6.45, 7) is 1.94. The fraction of sp³-hybridized carbons (Fsp3) is 0.0455. The molecule has 3 aromatic carbocycles. The van der Waals surface area contributed by atoms with Crippen LogP contribution >= 0.6 is 0 Å². The highest BCUT2D eigenvalue weighted by Gasteiger charge is 2.09. The van der Waals surface area contributed by atoms with E-state index in [0.29, 0.717) is 5.56 Å². The average Bonchev–Trinajstić information content (AvgIpc) is 3.07. The third-order valence-corrected chi connectivity index (χ3v) is 4.37. The van der Waals surface area contributed by atoms with Gasteiger partial charge in [0.15, 0.2) is 0 Å². The van der Waals surface area contributed by atoms with Crippen LogP contribution in [-0.2, 0) is 0 Å². The van der Waals surface area contributed by atoms with Crippen molar-refractivity contribution in [2.75, 3.05) is 5.32 Å². The summed E-state index contributed by atoms with van der Waals surface area (Å²) in [5.74, 6) is -0.0866. The second kappa shape index (κ2) is 6.29. The van der Waals surface area contributed by atoms with Gasteiger partial charge in [-0.05, 0) is 48.4 Å². The number of aromatic nitrogens is 1. The van der Waals surface area contributed by atoms with Gasteiger partial charge in [-0.25, -0.2) is 0 Å². The molecular weight excluding hydrogens is 308 g/mol. The molecule has 122 valence electrons. The Balaban J connectivity index is 1.56. The molecule has 1 heterocycles. The van der Waals surface area contributed by atoms with Crippen molar-refractivity contribution < 1.29 is 4.79 Å². The number of fused-ring (bicyclic) bond motifs is 1. The molecule has 1 amide bonds. The smallest absolute Gasteiger partial charge is 0.255 e. The first-order chi connectivity index (χ1) is 12.2. The van der Waals surface area contributed by atoms with Crippen LogP contribution in [-0.4, -0.2) is 10.9 Å². The molecule has 0 saturated carbocycles. The molecule has 0 aliphatic heterocycles. The molecule has 1 aromatic heterocycles. The first kappa shape index (κ1) is 15.2. The lowest BCUT2D eigenvalue weighted by Crippen LogP contribution is -2.13. The molecule has 0 unspecified atom stereocenters. The Morgan fingerprint density at radius 1 is 0.880 bits per heavy atom. The minimum absolute atomic E-state index is 0.0866. The van der Waals surface area contributed by atoms with Crippen molar-refractivity contribution in [2.45, 2.75) is 6.92 Å². The topological polar surface area (TPSA) is 44.9 Å². The second-order valence-electron chi connectivity index (χ2n) is 6.12. The van der Waals surface area contributed by atoms with Crippen molar-refractivity contribution >= 4 is 22.5 Å². The summed E-state index contributed by atoms with van der Waals surface area (Å²) in [6, 6.07) is 25.8. The summed E-state index contributed by atoms with van der Waals surface area (Å²) in [4.78, 5) is 15.8. The van der Waals surface area contributed by atoms with Gasteiger partial charge in [-0.15, -0.1) is 0 Å². The summed E-state index contributed by atoms with van der Waals surface area (Å²) in [6.07, 6.45) is 0. The number of hydrogen-bond acceptors (Lipinski definition) is 1. The van der Waals surface area contributed by atoms with Crippen LogP contribution < -0.4 is 5.32 Å². The van der Waals surface area contributed by atoms with Gasteiger partial charge in [0.05, 0.1) is 0 Å². The van der Waals surface area contributed by atoms with Crippen LogP contribution in [0.1, 0.15) is 15.9 Å². The Kier molecular flexibility index (Phi) is 3.82. The van der Waals surface area contributed by atoms with E-state index in [2.05, 4.69) is 28.5 Å². The average molecular weight is 326 g/mol. The maximum absolute atomic E-state index is 12.4. The zero-order valence-electron chi connectivity index (χ0n) is 13.9. The van der Waals surface area contributed by atoms with Gasteiger partial charge in [-0.2, -0.15) is 0 Å². The van der Waals surface area contributed by atoms with E-state index < -0.39 is 0 Å². The van der Waals surface area contributed by atoms with Gasteiger partial charge < -0.3 is 10.3 Å². The number of hydrogen-bond donors (Lipinski definition) is 2. The lowest BCUT2D eigenvalue weighted by atomic mass is 10.1. The standard InChI is InChI=1S/C22H18N2O/c1-15-6-2-4-8-19(15)22(25)23-18-12-10-16(11-13-18)21-14-17-7-3-5-9-20(17)24-21/h2-14,24H,1H3,(H,23,25). The zero-order valence-corrected chi connectivity index (χ0v) is 13.9. The van der Waals surface area contributed by atoms with Crippen LogP contribution in [0.5, 0.6) is 0 Å². The minimum atomic E-state index is -0.0866. The molecule has 3 nitrogen and oxygen atoms in total. The van der Waals surface area contributed by atoms with Gasteiger partial charge in [-0.3, -0.25) is 4.79 Å². The molecule has 4 aromatic rings. The van der Waals surface area contributed by atoms with Crippen molar-refractivity contribution in [2.24, 2.45) is 0 Å². The fourth-order valence-corrected chi connectivity index (χ4v) is 2.99. The number of aryl methyl sites for hydroxylation is 1. The number of rotatable bonds is 3. The predicted molar refractivity (Wildman–Crippen MR) is 103 cm³/mol. The molecule has 0 radical (unpaired) electrons. The van der Waals surface area contributed by atoms with Crippen LogP contribution in [0.25, 0.3) is 22.2 Å². The maximum Gasteiger partial charge on any atom is 0.255 e. The molecule has 0 aliphatic rings. The monoisotopic (exact) mass is 326 g/mol. The quantitative estimate of drug-likeness (QED) is 0.520. The van der Waals surface area contributed by atoms with Crippen LogP contribution in [0, 0.1) is 6.92 Å². The largest absolute Gasteiger partial charge is 0.355 e. The lowest BCUT2D eigenvalue weighted by Gasteiger charge is -2.08. The number of benzene rings is 3. The summed E-state index contributed by atoms with van der Waals surface area (Å²) in [5.41, 5.74) is 5.72. The van der Waals surface area contributed by atoms with Gasteiger partial charge in [-0.1, -0.05) is 48.5 Å². The fourth-order valence-electron chi connectivity index (χ4n) is 2.99. The minimum Gasteiger partial charge on any atom is -0.355 e. The van der Waals surface area contributed by atoms with Crippen LogP contribution in [0.4, 0.5) is 5.69 Å². The lowest BCUT2D eigenvalue weighted by molar-refractivity contribution is 0.102. The van der Waals surface area contributed by atoms with Crippen LogP contribution in [0.3, 0.4) is 0 Å². The molecule has 0 bridgehead atoms. The molecule has 2 N–H and O–H groups in total. The van der Waals surface area contributed by atoms with E-state index >= 15 is 0 Å². The Hall–Kier alpha value is -3.33. The normalized spacial score (nSPS) is 10.8. The molecule has 25 heavy (non-hydrogen) atoms. The van der Waals surface area contributed by atoms with Crippen molar-refractivity contribution in [1.29, 1.82) is 0 Å². The van der Waals surface area contributed by atoms with E-state index in [-0.39, 0.29) is 5.91 Å². The van der Waals surface area contributed by atoms with E-state index in [1.165, 1.54) is 5.39 Å². The molecule has 0 aliphatic carbocycles. The predicted octanol–water partition coefficient (Wildman–Crippen LogP) is 5.40. The van der Waals surface area contributed by atoms with E-state index in [1.807, 2.05) is 67.6 Å². The van der Waals surface area contributed by atoms with E-state index in [4.69, 9.17) is 0 Å². The van der Waals surface area contributed by atoms with Crippen molar-refractivity contribution in [1.82, 2.24) is 4.98 Å². The number of aromatic amines is 1. The summed E-state index contributed by atoms with van der Waals surface area (Å²) in [7, 11) is 0. The Bertz CT molecular complexity index is 1010. The molecule has 4 rings (SSSR count). The summed E-state index contributed by atoms with van der Waals surface area (Å²) < 4.78 is 0. The molecule has 3 heteroatoms. The number of carbonyl (C=O) groups is 1. The molecule has 0 fully saturated rings.